The van der Waals surface area contributed by atoms with Crippen molar-refractivity contribution in [1.82, 2.24) is 15.5 Å². The summed E-state index contributed by atoms with van der Waals surface area (Å²) < 4.78 is 5.28. The first-order valence-corrected chi connectivity index (χ1v) is 9.08. The molecule has 0 aromatic heterocycles. The molecule has 2 saturated heterocycles. The maximum absolute atomic E-state index is 12.1. The number of rotatable bonds is 8. The molecule has 0 aromatic carbocycles. The first-order chi connectivity index (χ1) is 10.8. The number of carbonyl (C=O) groups excluding carboxylic acids is 1. The third kappa shape index (κ3) is 7.84. The minimum atomic E-state index is 0. The number of hydrogen-bond donors (Lipinski definition) is 2. The van der Waals surface area contributed by atoms with Gasteiger partial charge in [-0.25, -0.2) is 0 Å². The second-order valence-corrected chi connectivity index (χ2v) is 6.61. The zero-order valence-electron chi connectivity index (χ0n) is 14.5. The normalized spacial score (nSPS) is 20.9. The van der Waals surface area contributed by atoms with Crippen molar-refractivity contribution in [2.24, 2.45) is 11.8 Å². The molecule has 2 rings (SSSR count). The molecule has 0 bridgehead atoms. The van der Waals surface area contributed by atoms with Gasteiger partial charge in [0.2, 0.25) is 5.91 Å². The van der Waals surface area contributed by atoms with Crippen LogP contribution in [0, 0.1) is 11.8 Å². The highest BCUT2D eigenvalue weighted by Gasteiger charge is 2.26. The van der Waals surface area contributed by atoms with Gasteiger partial charge < -0.3 is 20.3 Å². The molecule has 0 radical (unpaired) electrons. The molecular formula is C17H34ClN3O2. The molecule has 1 amide bonds. The summed E-state index contributed by atoms with van der Waals surface area (Å²) in [6, 6.07) is 0. The number of hydrogen-bond acceptors (Lipinski definition) is 4. The van der Waals surface area contributed by atoms with Crippen LogP contribution in [-0.4, -0.2) is 63.3 Å². The Morgan fingerprint density at radius 1 is 1.22 bits per heavy atom. The van der Waals surface area contributed by atoms with Crippen LogP contribution < -0.4 is 10.6 Å². The number of amides is 1. The lowest BCUT2D eigenvalue weighted by atomic mass is 9.93. The summed E-state index contributed by atoms with van der Waals surface area (Å²) in [7, 11) is 0. The molecule has 136 valence electrons. The van der Waals surface area contributed by atoms with Gasteiger partial charge in [0.05, 0.1) is 0 Å². The maximum atomic E-state index is 12.1. The van der Waals surface area contributed by atoms with Crippen molar-refractivity contribution in [2.75, 3.05) is 52.5 Å². The molecule has 2 heterocycles. The average molecular weight is 348 g/mol. The van der Waals surface area contributed by atoms with Crippen molar-refractivity contribution >= 4 is 18.3 Å². The third-order valence-corrected chi connectivity index (χ3v) is 4.90. The Bertz CT molecular complexity index is 317. The standard InChI is InChI=1S/C17H33N3O2.ClH/c1-2-22-13-3-8-19-17(21)16-6-11-20(12-7-16)14-15-4-9-18-10-5-15;/h15-16,18H,2-14H2,1H3,(H,19,21);1H. The van der Waals surface area contributed by atoms with E-state index in [-0.39, 0.29) is 24.2 Å². The van der Waals surface area contributed by atoms with E-state index in [0.717, 1.165) is 58.0 Å². The lowest BCUT2D eigenvalue weighted by Crippen LogP contribution is -2.43. The van der Waals surface area contributed by atoms with Crippen LogP contribution in [0.5, 0.6) is 0 Å². The number of carbonyl (C=O) groups is 1. The fourth-order valence-corrected chi connectivity index (χ4v) is 3.48. The third-order valence-electron chi connectivity index (χ3n) is 4.90. The van der Waals surface area contributed by atoms with E-state index in [4.69, 9.17) is 4.74 Å². The molecule has 2 N–H and O–H groups in total. The molecule has 2 aliphatic heterocycles. The number of likely N-dealkylation sites (tertiary alicyclic amines) is 1. The summed E-state index contributed by atoms with van der Waals surface area (Å²) in [5.74, 6) is 1.32. The van der Waals surface area contributed by atoms with Gasteiger partial charge in [-0.05, 0) is 71.1 Å². The molecule has 6 heteroatoms. The van der Waals surface area contributed by atoms with Crippen LogP contribution >= 0.6 is 12.4 Å². The highest BCUT2D eigenvalue weighted by molar-refractivity contribution is 5.85. The molecular weight excluding hydrogens is 314 g/mol. The predicted octanol–water partition coefficient (Wildman–Crippen LogP) is 1.66. The molecule has 0 aliphatic carbocycles. The van der Waals surface area contributed by atoms with Crippen LogP contribution in [0.15, 0.2) is 0 Å². The molecule has 5 nitrogen and oxygen atoms in total. The van der Waals surface area contributed by atoms with Gasteiger partial charge in [0.15, 0.2) is 0 Å². The van der Waals surface area contributed by atoms with Crippen LogP contribution in [0.3, 0.4) is 0 Å². The van der Waals surface area contributed by atoms with E-state index in [9.17, 15) is 4.79 Å². The smallest absolute Gasteiger partial charge is 0.223 e. The number of nitrogens with zero attached hydrogens (tertiary/aromatic N) is 1. The van der Waals surface area contributed by atoms with Crippen molar-refractivity contribution in [2.45, 2.75) is 39.0 Å². The molecule has 0 unspecified atom stereocenters. The van der Waals surface area contributed by atoms with E-state index in [0.29, 0.717) is 0 Å². The number of nitrogens with one attached hydrogen (secondary N) is 2. The minimum Gasteiger partial charge on any atom is -0.382 e. The minimum absolute atomic E-state index is 0. The van der Waals surface area contributed by atoms with Gasteiger partial charge in [-0.2, -0.15) is 0 Å². The average Bonchev–Trinajstić information content (AvgIpc) is 2.56. The number of ether oxygens (including phenoxy) is 1. The van der Waals surface area contributed by atoms with Crippen molar-refractivity contribution in [3.05, 3.63) is 0 Å². The second kappa shape index (κ2) is 12.1. The maximum Gasteiger partial charge on any atom is 0.223 e. The molecule has 0 atom stereocenters. The molecule has 0 spiro atoms. The quantitative estimate of drug-likeness (QED) is 0.656. The highest BCUT2D eigenvalue weighted by atomic mass is 35.5. The van der Waals surface area contributed by atoms with E-state index in [2.05, 4.69) is 15.5 Å². The SMILES string of the molecule is CCOCCCNC(=O)C1CCN(CC2CCNCC2)CC1.Cl. The number of halogens is 1. The lowest BCUT2D eigenvalue weighted by molar-refractivity contribution is -0.126. The Kier molecular flexibility index (Phi) is 10.9. The van der Waals surface area contributed by atoms with E-state index in [1.807, 2.05) is 6.92 Å². The summed E-state index contributed by atoms with van der Waals surface area (Å²) in [6.45, 7) is 9.97. The Hall–Kier alpha value is -0.360. The number of piperidine rings is 2. The van der Waals surface area contributed by atoms with Crippen molar-refractivity contribution in [1.29, 1.82) is 0 Å². The van der Waals surface area contributed by atoms with E-state index < -0.39 is 0 Å². The Morgan fingerprint density at radius 3 is 2.57 bits per heavy atom. The molecule has 0 saturated carbocycles. The van der Waals surface area contributed by atoms with Crippen LogP contribution in [0.2, 0.25) is 0 Å². The van der Waals surface area contributed by atoms with Gasteiger partial charge in [0.25, 0.3) is 0 Å². The van der Waals surface area contributed by atoms with Crippen LogP contribution in [-0.2, 0) is 9.53 Å². The summed E-state index contributed by atoms with van der Waals surface area (Å²) >= 11 is 0. The van der Waals surface area contributed by atoms with E-state index in [1.54, 1.807) is 0 Å². The molecule has 0 aromatic rings. The molecule has 2 aliphatic rings. The largest absolute Gasteiger partial charge is 0.382 e. The first kappa shape index (κ1) is 20.7. The second-order valence-electron chi connectivity index (χ2n) is 6.61. The van der Waals surface area contributed by atoms with Gasteiger partial charge >= 0.3 is 0 Å². The van der Waals surface area contributed by atoms with Crippen molar-refractivity contribution in [3.8, 4) is 0 Å². The monoisotopic (exact) mass is 347 g/mol. The zero-order valence-corrected chi connectivity index (χ0v) is 15.3. The van der Waals surface area contributed by atoms with Gasteiger partial charge in [0.1, 0.15) is 0 Å². The van der Waals surface area contributed by atoms with Crippen LogP contribution in [0.1, 0.15) is 39.0 Å². The van der Waals surface area contributed by atoms with Crippen molar-refractivity contribution < 1.29 is 9.53 Å². The van der Waals surface area contributed by atoms with Crippen LogP contribution in [0.25, 0.3) is 0 Å². The zero-order chi connectivity index (χ0) is 15.6. The molecule has 23 heavy (non-hydrogen) atoms. The Labute approximate surface area is 147 Å². The van der Waals surface area contributed by atoms with E-state index in [1.165, 1.54) is 32.5 Å². The highest BCUT2D eigenvalue weighted by Crippen LogP contribution is 2.20. The Balaban J connectivity index is 0.00000264. The predicted molar refractivity (Wildman–Crippen MR) is 96.1 cm³/mol. The lowest BCUT2D eigenvalue weighted by Gasteiger charge is -2.35. The van der Waals surface area contributed by atoms with Gasteiger partial charge in [0, 0.05) is 32.2 Å². The van der Waals surface area contributed by atoms with Crippen molar-refractivity contribution in [3.63, 3.8) is 0 Å². The summed E-state index contributed by atoms with van der Waals surface area (Å²) in [5, 5.41) is 6.49. The summed E-state index contributed by atoms with van der Waals surface area (Å²) in [5.41, 5.74) is 0. The van der Waals surface area contributed by atoms with Crippen LogP contribution in [0.4, 0.5) is 0 Å². The summed E-state index contributed by atoms with van der Waals surface area (Å²) in [4.78, 5) is 14.7. The fourth-order valence-electron chi connectivity index (χ4n) is 3.48. The molecule has 2 fully saturated rings. The fraction of sp³-hybridized carbons (Fsp3) is 0.941. The topological polar surface area (TPSA) is 53.6 Å². The first-order valence-electron chi connectivity index (χ1n) is 9.08. The Morgan fingerprint density at radius 2 is 1.91 bits per heavy atom. The van der Waals surface area contributed by atoms with Gasteiger partial charge in [-0.15, -0.1) is 12.4 Å². The van der Waals surface area contributed by atoms with Gasteiger partial charge in [-0.1, -0.05) is 0 Å². The van der Waals surface area contributed by atoms with E-state index >= 15 is 0 Å². The summed E-state index contributed by atoms with van der Waals surface area (Å²) in [6.07, 6.45) is 5.55. The van der Waals surface area contributed by atoms with Gasteiger partial charge in [-0.3, -0.25) is 4.79 Å².